The largest absolute Gasteiger partial charge is 0.463 e. The van der Waals surface area contributed by atoms with Crippen LogP contribution in [0.1, 0.15) is 117 Å². The second kappa shape index (κ2) is 18.4. The standard InChI is InChI=1S/C24H46O4/c1-3-4-5-6-7-8-9-10-11-12-13-14-15-16-17-18-24(25)27-21-23-20-26-19-22(2)28-23/h22-23H,3-21H2,1-2H3. The Labute approximate surface area is 174 Å². The zero-order valence-corrected chi connectivity index (χ0v) is 18.7. The monoisotopic (exact) mass is 398 g/mol. The van der Waals surface area contributed by atoms with Gasteiger partial charge in [0.05, 0.1) is 19.3 Å². The molecule has 2 atom stereocenters. The Morgan fingerprint density at radius 3 is 1.79 bits per heavy atom. The van der Waals surface area contributed by atoms with Crippen molar-refractivity contribution in [2.75, 3.05) is 19.8 Å². The molecule has 1 fully saturated rings. The van der Waals surface area contributed by atoms with E-state index in [1.165, 1.54) is 83.5 Å². The maximum atomic E-state index is 11.8. The van der Waals surface area contributed by atoms with Crippen LogP contribution in [0, 0.1) is 0 Å². The second-order valence-electron chi connectivity index (χ2n) is 8.49. The van der Waals surface area contributed by atoms with Gasteiger partial charge in [-0.3, -0.25) is 4.79 Å². The molecule has 0 radical (unpaired) electrons. The average Bonchev–Trinajstić information content (AvgIpc) is 2.69. The fourth-order valence-corrected chi connectivity index (χ4v) is 3.76. The SMILES string of the molecule is CCCCCCCCCCCCCCCCCC(=O)OCC1COCC(C)O1. The molecule has 166 valence electrons. The molecule has 0 amide bonds. The minimum Gasteiger partial charge on any atom is -0.463 e. The van der Waals surface area contributed by atoms with E-state index in [1.807, 2.05) is 6.92 Å². The Balaban J connectivity index is 1.76. The van der Waals surface area contributed by atoms with Crippen molar-refractivity contribution in [1.29, 1.82) is 0 Å². The van der Waals surface area contributed by atoms with E-state index in [9.17, 15) is 4.79 Å². The lowest BCUT2D eigenvalue weighted by molar-refractivity contribution is -0.167. The van der Waals surface area contributed by atoms with E-state index in [1.54, 1.807) is 0 Å². The molecule has 0 N–H and O–H groups in total. The molecule has 28 heavy (non-hydrogen) atoms. The maximum Gasteiger partial charge on any atom is 0.305 e. The van der Waals surface area contributed by atoms with Crippen LogP contribution in [0.4, 0.5) is 0 Å². The van der Waals surface area contributed by atoms with E-state index in [2.05, 4.69) is 6.92 Å². The van der Waals surface area contributed by atoms with Gasteiger partial charge in [0, 0.05) is 6.42 Å². The average molecular weight is 399 g/mol. The van der Waals surface area contributed by atoms with E-state index in [0.29, 0.717) is 26.2 Å². The summed E-state index contributed by atoms with van der Waals surface area (Å²) in [5.41, 5.74) is 0. The predicted octanol–water partition coefficient (Wildman–Crippen LogP) is 6.60. The number of carbonyl (C=O) groups is 1. The third kappa shape index (κ3) is 15.3. The van der Waals surface area contributed by atoms with Gasteiger partial charge in [-0.05, 0) is 13.3 Å². The molecule has 0 bridgehead atoms. The number of ether oxygens (including phenoxy) is 3. The first-order valence-corrected chi connectivity index (χ1v) is 12.1. The van der Waals surface area contributed by atoms with Gasteiger partial charge in [0.15, 0.2) is 0 Å². The number of rotatable bonds is 18. The summed E-state index contributed by atoms with van der Waals surface area (Å²) >= 11 is 0. The normalized spacial score (nSPS) is 19.6. The molecule has 4 nitrogen and oxygen atoms in total. The van der Waals surface area contributed by atoms with Gasteiger partial charge in [0.2, 0.25) is 0 Å². The minimum atomic E-state index is -0.103. The van der Waals surface area contributed by atoms with Gasteiger partial charge < -0.3 is 14.2 Å². The minimum absolute atomic E-state index is 0.0907. The maximum absolute atomic E-state index is 11.8. The molecule has 4 heteroatoms. The van der Waals surface area contributed by atoms with E-state index >= 15 is 0 Å². The molecule has 0 aliphatic carbocycles. The molecule has 0 aromatic heterocycles. The molecule has 1 rings (SSSR count). The van der Waals surface area contributed by atoms with Crippen molar-refractivity contribution in [2.24, 2.45) is 0 Å². The van der Waals surface area contributed by atoms with Gasteiger partial charge in [0.25, 0.3) is 0 Å². The van der Waals surface area contributed by atoms with Crippen LogP contribution in [-0.2, 0) is 19.0 Å². The number of unbranched alkanes of at least 4 members (excludes halogenated alkanes) is 14. The molecule has 0 aromatic rings. The highest BCUT2D eigenvalue weighted by Gasteiger charge is 2.21. The molecule has 2 unspecified atom stereocenters. The topological polar surface area (TPSA) is 44.8 Å². The van der Waals surface area contributed by atoms with Crippen LogP contribution in [0.5, 0.6) is 0 Å². The van der Waals surface area contributed by atoms with Gasteiger partial charge in [-0.15, -0.1) is 0 Å². The number of carbonyl (C=O) groups excluding carboxylic acids is 1. The van der Waals surface area contributed by atoms with Gasteiger partial charge in [0.1, 0.15) is 12.7 Å². The van der Waals surface area contributed by atoms with Gasteiger partial charge in [-0.1, -0.05) is 96.8 Å². The van der Waals surface area contributed by atoms with E-state index in [0.717, 1.165) is 12.8 Å². The third-order valence-corrected chi connectivity index (χ3v) is 5.50. The fourth-order valence-electron chi connectivity index (χ4n) is 3.76. The highest BCUT2D eigenvalue weighted by Crippen LogP contribution is 2.14. The third-order valence-electron chi connectivity index (χ3n) is 5.50. The molecule has 1 heterocycles. The summed E-state index contributed by atoms with van der Waals surface area (Å²) in [5, 5.41) is 0. The molecular formula is C24H46O4. The van der Waals surface area contributed by atoms with Crippen LogP contribution in [0.2, 0.25) is 0 Å². The molecule has 0 spiro atoms. The van der Waals surface area contributed by atoms with Gasteiger partial charge in [-0.2, -0.15) is 0 Å². The zero-order chi connectivity index (χ0) is 20.3. The predicted molar refractivity (Wildman–Crippen MR) is 116 cm³/mol. The first-order chi connectivity index (χ1) is 13.7. The summed E-state index contributed by atoms with van der Waals surface area (Å²) in [5.74, 6) is -0.100. The first kappa shape index (κ1) is 25.4. The summed E-state index contributed by atoms with van der Waals surface area (Å²) in [6.45, 7) is 5.73. The number of hydrogen-bond donors (Lipinski definition) is 0. The summed E-state index contributed by atoms with van der Waals surface area (Å²) in [4.78, 5) is 11.8. The molecular weight excluding hydrogens is 352 g/mol. The van der Waals surface area contributed by atoms with E-state index in [-0.39, 0.29) is 18.2 Å². The van der Waals surface area contributed by atoms with Crippen LogP contribution in [0.3, 0.4) is 0 Å². The van der Waals surface area contributed by atoms with Crippen LogP contribution in [0.15, 0.2) is 0 Å². The summed E-state index contributed by atoms with van der Waals surface area (Å²) < 4.78 is 16.4. The van der Waals surface area contributed by atoms with Gasteiger partial charge in [-0.25, -0.2) is 0 Å². The Kier molecular flexibility index (Phi) is 16.7. The molecule has 0 aromatic carbocycles. The van der Waals surface area contributed by atoms with Gasteiger partial charge >= 0.3 is 5.97 Å². The quantitative estimate of drug-likeness (QED) is 0.193. The van der Waals surface area contributed by atoms with Crippen LogP contribution in [-0.4, -0.2) is 38.0 Å². The zero-order valence-electron chi connectivity index (χ0n) is 18.7. The highest BCUT2D eigenvalue weighted by atomic mass is 16.6. The van der Waals surface area contributed by atoms with E-state index < -0.39 is 0 Å². The smallest absolute Gasteiger partial charge is 0.305 e. The van der Waals surface area contributed by atoms with Crippen molar-refractivity contribution in [3.63, 3.8) is 0 Å². The first-order valence-electron chi connectivity index (χ1n) is 12.1. The number of esters is 1. The summed E-state index contributed by atoms with van der Waals surface area (Å²) in [6, 6.07) is 0. The molecule has 1 aliphatic heterocycles. The molecule has 1 saturated heterocycles. The van der Waals surface area contributed by atoms with Crippen LogP contribution in [0.25, 0.3) is 0 Å². The van der Waals surface area contributed by atoms with Crippen molar-refractivity contribution < 1.29 is 19.0 Å². The van der Waals surface area contributed by atoms with Crippen molar-refractivity contribution in [3.05, 3.63) is 0 Å². The lowest BCUT2D eigenvalue weighted by Gasteiger charge is -2.27. The second-order valence-corrected chi connectivity index (χ2v) is 8.49. The van der Waals surface area contributed by atoms with Crippen molar-refractivity contribution in [1.82, 2.24) is 0 Å². The van der Waals surface area contributed by atoms with Crippen molar-refractivity contribution >= 4 is 5.97 Å². The van der Waals surface area contributed by atoms with Crippen molar-refractivity contribution in [2.45, 2.75) is 129 Å². The molecule has 1 aliphatic rings. The summed E-state index contributed by atoms with van der Waals surface area (Å²) in [7, 11) is 0. The Bertz CT molecular complexity index is 359. The fraction of sp³-hybridized carbons (Fsp3) is 0.958. The Morgan fingerprint density at radius 2 is 1.29 bits per heavy atom. The highest BCUT2D eigenvalue weighted by molar-refractivity contribution is 5.69. The Morgan fingerprint density at radius 1 is 0.786 bits per heavy atom. The lowest BCUT2D eigenvalue weighted by atomic mass is 10.0. The van der Waals surface area contributed by atoms with Crippen LogP contribution >= 0.6 is 0 Å². The van der Waals surface area contributed by atoms with Crippen LogP contribution < -0.4 is 0 Å². The van der Waals surface area contributed by atoms with E-state index in [4.69, 9.17) is 14.2 Å². The van der Waals surface area contributed by atoms with Crippen molar-refractivity contribution in [3.8, 4) is 0 Å². The Hall–Kier alpha value is -0.610. The summed E-state index contributed by atoms with van der Waals surface area (Å²) in [6.07, 6.45) is 20.6. The lowest BCUT2D eigenvalue weighted by Crippen LogP contribution is -2.37. The molecule has 0 saturated carbocycles. The number of hydrogen-bond acceptors (Lipinski definition) is 4.